The molecule has 0 radical (unpaired) electrons. The Kier molecular flexibility index (Phi) is 5.27. The molecule has 0 aromatic rings. The van der Waals surface area contributed by atoms with Crippen LogP contribution in [-0.4, -0.2) is 18.5 Å². The van der Waals surface area contributed by atoms with E-state index in [1.54, 1.807) is 0 Å². The zero-order valence-electron chi connectivity index (χ0n) is 9.91. The Morgan fingerprint density at radius 2 is 2.12 bits per heavy atom. The molecule has 1 amide bonds. The Labute approximate surface area is 97.2 Å². The maximum absolute atomic E-state index is 11.8. The number of carbonyl (C=O) groups excluding carboxylic acids is 1. The predicted molar refractivity (Wildman–Crippen MR) is 62.3 cm³/mol. The van der Waals surface area contributed by atoms with Gasteiger partial charge in [-0.25, -0.2) is 0 Å². The van der Waals surface area contributed by atoms with Gasteiger partial charge in [-0.15, -0.1) is 0 Å². The lowest BCUT2D eigenvalue weighted by atomic mass is 9.81. The fourth-order valence-electron chi connectivity index (χ4n) is 2.21. The van der Waals surface area contributed by atoms with Gasteiger partial charge in [0.1, 0.15) is 0 Å². The minimum atomic E-state index is -0.0373. The lowest BCUT2D eigenvalue weighted by molar-refractivity contribution is -0.126. The topological polar surface area (TPSA) is 78.9 Å². The van der Waals surface area contributed by atoms with Crippen LogP contribution in [0.25, 0.3) is 0 Å². The van der Waals surface area contributed by atoms with E-state index in [4.69, 9.17) is 11.0 Å². The molecule has 3 N–H and O–H groups in total. The van der Waals surface area contributed by atoms with E-state index in [1.165, 1.54) is 0 Å². The van der Waals surface area contributed by atoms with Crippen LogP contribution in [0.3, 0.4) is 0 Å². The van der Waals surface area contributed by atoms with E-state index in [-0.39, 0.29) is 17.9 Å². The van der Waals surface area contributed by atoms with Gasteiger partial charge in [0.05, 0.1) is 12.5 Å². The van der Waals surface area contributed by atoms with Crippen molar-refractivity contribution in [2.45, 2.75) is 45.1 Å². The Bertz CT molecular complexity index is 264. The Morgan fingerprint density at radius 3 is 2.62 bits per heavy atom. The quantitative estimate of drug-likeness (QED) is 0.751. The molecule has 4 nitrogen and oxygen atoms in total. The molecule has 1 fully saturated rings. The Hall–Kier alpha value is -1.08. The highest BCUT2D eigenvalue weighted by molar-refractivity contribution is 5.79. The van der Waals surface area contributed by atoms with Gasteiger partial charge in [-0.1, -0.05) is 0 Å². The van der Waals surface area contributed by atoms with Crippen molar-refractivity contribution in [1.82, 2.24) is 5.32 Å². The molecule has 4 heteroatoms. The average Bonchev–Trinajstić information content (AvgIpc) is 2.29. The summed E-state index contributed by atoms with van der Waals surface area (Å²) in [5, 5.41) is 11.4. The Balaban J connectivity index is 2.31. The van der Waals surface area contributed by atoms with Crippen LogP contribution in [0, 0.1) is 23.2 Å². The summed E-state index contributed by atoms with van der Waals surface area (Å²) in [6.07, 6.45) is 4.37. The molecular formula is C12H21N3O. The molecule has 0 aromatic carbocycles. The van der Waals surface area contributed by atoms with Crippen molar-refractivity contribution in [1.29, 1.82) is 5.26 Å². The first-order valence-corrected chi connectivity index (χ1v) is 6.04. The largest absolute Gasteiger partial charge is 0.352 e. The summed E-state index contributed by atoms with van der Waals surface area (Å²) in [7, 11) is 0. The van der Waals surface area contributed by atoms with Gasteiger partial charge in [-0.2, -0.15) is 5.26 Å². The van der Waals surface area contributed by atoms with Crippen LogP contribution in [0.2, 0.25) is 0 Å². The van der Waals surface area contributed by atoms with Gasteiger partial charge in [0.25, 0.3) is 0 Å². The maximum Gasteiger partial charge on any atom is 0.223 e. The first-order valence-electron chi connectivity index (χ1n) is 6.04. The number of rotatable bonds is 4. The summed E-state index contributed by atoms with van der Waals surface area (Å²) in [5.74, 6) is 0.836. The lowest BCUT2D eigenvalue weighted by Gasteiger charge is -2.27. The number of amides is 1. The van der Waals surface area contributed by atoms with Crippen molar-refractivity contribution >= 4 is 5.91 Å². The van der Waals surface area contributed by atoms with E-state index in [0.29, 0.717) is 12.3 Å². The fraction of sp³-hybridized carbons (Fsp3) is 0.833. The van der Waals surface area contributed by atoms with Crippen LogP contribution < -0.4 is 11.1 Å². The van der Waals surface area contributed by atoms with Crippen molar-refractivity contribution in [3.05, 3.63) is 0 Å². The van der Waals surface area contributed by atoms with Crippen molar-refractivity contribution in [3.8, 4) is 6.07 Å². The number of hydrogen-bond donors (Lipinski definition) is 2. The SMILES string of the molecule is CC(CC#N)NC(=O)C1CCC(CN)CC1. The highest BCUT2D eigenvalue weighted by Crippen LogP contribution is 2.28. The number of nitrogens with two attached hydrogens (primary N) is 1. The van der Waals surface area contributed by atoms with Crippen molar-refractivity contribution in [2.75, 3.05) is 6.54 Å². The fourth-order valence-corrected chi connectivity index (χ4v) is 2.21. The van der Waals surface area contributed by atoms with Crippen LogP contribution >= 0.6 is 0 Å². The molecular weight excluding hydrogens is 202 g/mol. The molecule has 1 atom stereocenters. The summed E-state index contributed by atoms with van der Waals surface area (Å²) in [6.45, 7) is 2.60. The second-order valence-electron chi connectivity index (χ2n) is 4.73. The molecule has 0 saturated heterocycles. The monoisotopic (exact) mass is 223 g/mol. The first-order chi connectivity index (χ1) is 7.67. The number of nitrogens with one attached hydrogen (secondary N) is 1. The highest BCUT2D eigenvalue weighted by Gasteiger charge is 2.26. The average molecular weight is 223 g/mol. The number of carbonyl (C=O) groups is 1. The third-order valence-electron chi connectivity index (χ3n) is 3.34. The van der Waals surface area contributed by atoms with E-state index >= 15 is 0 Å². The summed E-state index contributed by atoms with van der Waals surface area (Å²) in [5.41, 5.74) is 5.61. The molecule has 0 aromatic heterocycles. The van der Waals surface area contributed by atoms with Gasteiger partial charge < -0.3 is 11.1 Å². The van der Waals surface area contributed by atoms with Crippen LogP contribution in [0.1, 0.15) is 39.0 Å². The molecule has 1 unspecified atom stereocenters. The maximum atomic E-state index is 11.8. The minimum Gasteiger partial charge on any atom is -0.352 e. The predicted octanol–water partition coefficient (Wildman–Crippen LogP) is 1.17. The number of nitrogens with zero attached hydrogens (tertiary/aromatic N) is 1. The van der Waals surface area contributed by atoms with Crippen LogP contribution in [-0.2, 0) is 4.79 Å². The van der Waals surface area contributed by atoms with Gasteiger partial charge in [0, 0.05) is 12.0 Å². The van der Waals surface area contributed by atoms with Crippen LogP contribution in [0.15, 0.2) is 0 Å². The van der Waals surface area contributed by atoms with Gasteiger partial charge in [-0.05, 0) is 45.1 Å². The van der Waals surface area contributed by atoms with Crippen molar-refractivity contribution in [2.24, 2.45) is 17.6 Å². The number of nitriles is 1. The molecule has 0 bridgehead atoms. The lowest BCUT2D eigenvalue weighted by Crippen LogP contribution is -2.39. The molecule has 0 heterocycles. The van der Waals surface area contributed by atoms with Crippen molar-refractivity contribution < 1.29 is 4.79 Å². The standard InChI is InChI=1S/C12H21N3O/c1-9(6-7-13)15-12(16)11-4-2-10(8-14)3-5-11/h9-11H,2-6,8,14H2,1H3,(H,15,16). The molecule has 1 aliphatic rings. The van der Waals surface area contributed by atoms with Gasteiger partial charge in [-0.3, -0.25) is 4.79 Å². The van der Waals surface area contributed by atoms with Gasteiger partial charge in [0.15, 0.2) is 0 Å². The highest BCUT2D eigenvalue weighted by atomic mass is 16.1. The molecule has 1 rings (SSSR count). The normalized spacial score (nSPS) is 26.8. The third kappa shape index (κ3) is 3.82. The number of hydrogen-bond acceptors (Lipinski definition) is 3. The smallest absolute Gasteiger partial charge is 0.223 e. The summed E-state index contributed by atoms with van der Waals surface area (Å²) < 4.78 is 0. The van der Waals surface area contributed by atoms with Crippen LogP contribution in [0.4, 0.5) is 0 Å². The molecule has 90 valence electrons. The molecule has 16 heavy (non-hydrogen) atoms. The van der Waals surface area contributed by atoms with E-state index in [2.05, 4.69) is 11.4 Å². The molecule has 1 saturated carbocycles. The molecule has 1 aliphatic carbocycles. The second kappa shape index (κ2) is 6.49. The summed E-state index contributed by atoms with van der Waals surface area (Å²) >= 11 is 0. The minimum absolute atomic E-state index is 0.0373. The van der Waals surface area contributed by atoms with E-state index in [0.717, 1.165) is 32.2 Å². The third-order valence-corrected chi connectivity index (χ3v) is 3.34. The van der Waals surface area contributed by atoms with Crippen LogP contribution in [0.5, 0.6) is 0 Å². The summed E-state index contributed by atoms with van der Waals surface area (Å²) in [6, 6.07) is 2.02. The van der Waals surface area contributed by atoms with E-state index in [1.807, 2.05) is 6.92 Å². The molecule has 0 spiro atoms. The van der Waals surface area contributed by atoms with Gasteiger partial charge in [0.2, 0.25) is 5.91 Å². The van der Waals surface area contributed by atoms with E-state index in [9.17, 15) is 4.79 Å². The molecule has 0 aliphatic heterocycles. The zero-order valence-corrected chi connectivity index (χ0v) is 9.91. The first kappa shape index (κ1) is 13.0. The van der Waals surface area contributed by atoms with E-state index < -0.39 is 0 Å². The second-order valence-corrected chi connectivity index (χ2v) is 4.73. The Morgan fingerprint density at radius 1 is 1.50 bits per heavy atom. The van der Waals surface area contributed by atoms with Crippen molar-refractivity contribution in [3.63, 3.8) is 0 Å². The zero-order chi connectivity index (χ0) is 12.0. The van der Waals surface area contributed by atoms with Gasteiger partial charge >= 0.3 is 0 Å². The summed E-state index contributed by atoms with van der Waals surface area (Å²) in [4.78, 5) is 11.8.